The maximum Gasteiger partial charge on any atom is 0.198 e. The molecule has 0 bridgehead atoms. The second-order valence-corrected chi connectivity index (χ2v) is 4.44. The van der Waals surface area contributed by atoms with E-state index in [1.54, 1.807) is 0 Å². The van der Waals surface area contributed by atoms with Crippen molar-refractivity contribution in [2.24, 2.45) is 4.99 Å². The quantitative estimate of drug-likeness (QED) is 0.574. The molecule has 8 nitrogen and oxygen atoms in total. The Balaban J connectivity index is 1.87. The normalized spacial score (nSPS) is 13.8. The average molecular weight is 293 g/mol. The van der Waals surface area contributed by atoms with Crippen LogP contribution in [0.5, 0.6) is 5.75 Å². The van der Waals surface area contributed by atoms with Crippen LogP contribution in [-0.4, -0.2) is 48.7 Å². The number of rotatable bonds is 7. The number of hydrazine groups is 1. The Hall–Kier alpha value is -2.51. The molecule has 1 aromatic rings. The van der Waals surface area contributed by atoms with Crippen LogP contribution < -0.4 is 15.5 Å². The molecule has 21 heavy (non-hydrogen) atoms. The molecule has 0 unspecified atom stereocenters. The molecule has 8 heteroatoms. The van der Waals surface area contributed by atoms with E-state index in [0.717, 1.165) is 23.9 Å². The lowest BCUT2D eigenvalue weighted by molar-refractivity contribution is -0.544. The second-order valence-electron chi connectivity index (χ2n) is 4.44. The Morgan fingerprint density at radius 2 is 2.19 bits per heavy atom. The zero-order chi connectivity index (χ0) is 15.1. The van der Waals surface area contributed by atoms with Crippen LogP contribution in [-0.2, 0) is 0 Å². The lowest BCUT2D eigenvalue weighted by Crippen LogP contribution is -2.39. The summed E-state index contributed by atoms with van der Waals surface area (Å²) in [6, 6.07) is 7.61. The SMILES string of the molecule is CCOc1ccc(NC2=NCCN2CCN[N+](=O)[O-])cc1. The first-order chi connectivity index (χ1) is 10.2. The van der Waals surface area contributed by atoms with Gasteiger partial charge in [0.1, 0.15) is 5.75 Å². The van der Waals surface area contributed by atoms with Crippen molar-refractivity contribution in [1.29, 1.82) is 0 Å². The molecule has 2 N–H and O–H groups in total. The smallest absolute Gasteiger partial charge is 0.198 e. The summed E-state index contributed by atoms with van der Waals surface area (Å²) in [5.74, 6) is 1.56. The van der Waals surface area contributed by atoms with Crippen LogP contribution in [0, 0.1) is 10.1 Å². The van der Waals surface area contributed by atoms with Gasteiger partial charge in [0.25, 0.3) is 0 Å². The van der Waals surface area contributed by atoms with E-state index < -0.39 is 5.03 Å². The molecule has 0 spiro atoms. The Labute approximate surface area is 122 Å². The highest BCUT2D eigenvalue weighted by molar-refractivity contribution is 5.94. The van der Waals surface area contributed by atoms with E-state index in [-0.39, 0.29) is 6.54 Å². The van der Waals surface area contributed by atoms with Crippen LogP contribution >= 0.6 is 0 Å². The van der Waals surface area contributed by atoms with Crippen molar-refractivity contribution in [1.82, 2.24) is 10.3 Å². The first kappa shape index (κ1) is 14.9. The molecule has 0 saturated carbocycles. The Morgan fingerprint density at radius 3 is 2.86 bits per heavy atom. The standard InChI is InChI=1S/C13H19N5O3/c1-2-21-12-5-3-11(4-6-12)16-13-14-7-9-17(13)10-8-15-18(19)20/h3-6,15H,2,7-10H2,1H3,(H,14,16). The summed E-state index contributed by atoms with van der Waals surface area (Å²) in [4.78, 5) is 16.6. The molecular weight excluding hydrogens is 274 g/mol. The molecule has 2 rings (SSSR count). The zero-order valence-corrected chi connectivity index (χ0v) is 11.9. The van der Waals surface area contributed by atoms with E-state index in [1.807, 2.05) is 36.1 Å². The number of aliphatic imine (C=N–C) groups is 1. The first-order valence-corrected chi connectivity index (χ1v) is 6.86. The largest absolute Gasteiger partial charge is 0.494 e. The number of anilines is 1. The van der Waals surface area contributed by atoms with Crippen molar-refractivity contribution in [3.8, 4) is 5.75 Å². The Bertz CT molecular complexity index is 503. The van der Waals surface area contributed by atoms with Crippen molar-refractivity contribution >= 4 is 11.6 Å². The summed E-state index contributed by atoms with van der Waals surface area (Å²) >= 11 is 0. The zero-order valence-electron chi connectivity index (χ0n) is 11.9. The third-order valence-corrected chi connectivity index (χ3v) is 2.98. The van der Waals surface area contributed by atoms with E-state index in [2.05, 4.69) is 15.7 Å². The molecule has 114 valence electrons. The Kier molecular flexibility index (Phi) is 5.19. The second kappa shape index (κ2) is 7.32. The van der Waals surface area contributed by atoms with E-state index >= 15 is 0 Å². The summed E-state index contributed by atoms with van der Waals surface area (Å²) in [6.45, 7) is 4.84. The van der Waals surface area contributed by atoms with E-state index in [1.165, 1.54) is 0 Å². The molecule has 1 aliphatic rings. The minimum atomic E-state index is -0.535. The summed E-state index contributed by atoms with van der Waals surface area (Å²) in [6.07, 6.45) is 0. The molecule has 0 aliphatic carbocycles. The van der Waals surface area contributed by atoms with Crippen molar-refractivity contribution < 1.29 is 9.77 Å². The van der Waals surface area contributed by atoms with Crippen LogP contribution in [0.3, 0.4) is 0 Å². The predicted molar refractivity (Wildman–Crippen MR) is 80.1 cm³/mol. The van der Waals surface area contributed by atoms with Crippen LogP contribution in [0.15, 0.2) is 29.3 Å². The minimum absolute atomic E-state index is 0.275. The highest BCUT2D eigenvalue weighted by Gasteiger charge is 2.17. The fraction of sp³-hybridized carbons (Fsp3) is 0.462. The molecule has 1 heterocycles. The van der Waals surface area contributed by atoms with E-state index in [9.17, 15) is 10.1 Å². The number of guanidine groups is 1. The fourth-order valence-corrected chi connectivity index (χ4v) is 2.03. The monoisotopic (exact) mass is 293 g/mol. The van der Waals surface area contributed by atoms with Gasteiger partial charge in [-0.05, 0) is 31.2 Å². The number of benzene rings is 1. The third kappa shape index (κ3) is 4.51. The van der Waals surface area contributed by atoms with E-state index in [0.29, 0.717) is 19.7 Å². The summed E-state index contributed by atoms with van der Waals surface area (Å²) in [5, 5.41) is 12.9. The van der Waals surface area contributed by atoms with Crippen LogP contribution in [0.1, 0.15) is 6.92 Å². The molecule has 0 amide bonds. The van der Waals surface area contributed by atoms with Gasteiger partial charge < -0.3 is 15.0 Å². The summed E-state index contributed by atoms with van der Waals surface area (Å²) < 4.78 is 5.39. The van der Waals surface area contributed by atoms with Gasteiger partial charge in [0.05, 0.1) is 19.7 Å². The van der Waals surface area contributed by atoms with Gasteiger partial charge in [0, 0.05) is 18.8 Å². The van der Waals surface area contributed by atoms with Gasteiger partial charge in [-0.3, -0.25) is 4.99 Å². The summed E-state index contributed by atoms with van der Waals surface area (Å²) in [5.41, 5.74) is 3.07. The van der Waals surface area contributed by atoms with E-state index in [4.69, 9.17) is 4.74 Å². The number of nitro groups is 1. The van der Waals surface area contributed by atoms with Crippen molar-refractivity contribution in [3.05, 3.63) is 34.4 Å². The van der Waals surface area contributed by atoms with Gasteiger partial charge >= 0.3 is 0 Å². The Morgan fingerprint density at radius 1 is 1.43 bits per heavy atom. The number of ether oxygens (including phenoxy) is 1. The lowest BCUT2D eigenvalue weighted by atomic mass is 10.3. The van der Waals surface area contributed by atoms with Gasteiger partial charge in [-0.25, -0.2) is 10.1 Å². The highest BCUT2D eigenvalue weighted by Crippen LogP contribution is 2.16. The minimum Gasteiger partial charge on any atom is -0.494 e. The topological polar surface area (TPSA) is 92.0 Å². The van der Waals surface area contributed by atoms with Gasteiger partial charge in [0.15, 0.2) is 11.0 Å². The van der Waals surface area contributed by atoms with Gasteiger partial charge in [-0.15, -0.1) is 5.43 Å². The molecule has 1 aliphatic heterocycles. The number of nitrogens with zero attached hydrogens (tertiary/aromatic N) is 3. The predicted octanol–water partition coefficient (Wildman–Crippen LogP) is 0.950. The van der Waals surface area contributed by atoms with Gasteiger partial charge in [-0.2, -0.15) is 0 Å². The van der Waals surface area contributed by atoms with Crippen LogP contribution in [0.4, 0.5) is 5.69 Å². The van der Waals surface area contributed by atoms with Crippen molar-refractivity contribution in [3.63, 3.8) is 0 Å². The average Bonchev–Trinajstić information content (AvgIpc) is 2.88. The first-order valence-electron chi connectivity index (χ1n) is 6.86. The maximum absolute atomic E-state index is 10.2. The molecular formula is C13H19N5O3. The highest BCUT2D eigenvalue weighted by atomic mass is 16.7. The molecule has 0 radical (unpaired) electrons. The van der Waals surface area contributed by atoms with Crippen LogP contribution in [0.2, 0.25) is 0 Å². The number of hydrogen-bond acceptors (Lipinski definition) is 6. The van der Waals surface area contributed by atoms with Crippen molar-refractivity contribution in [2.45, 2.75) is 6.92 Å². The molecule has 0 saturated heterocycles. The molecule has 0 atom stereocenters. The molecule has 0 fully saturated rings. The fourth-order valence-electron chi connectivity index (χ4n) is 2.03. The van der Waals surface area contributed by atoms with Gasteiger partial charge in [0.2, 0.25) is 0 Å². The van der Waals surface area contributed by atoms with Crippen molar-refractivity contribution in [2.75, 3.05) is 38.1 Å². The number of nitrogens with one attached hydrogen (secondary N) is 2. The molecule has 0 aromatic heterocycles. The van der Waals surface area contributed by atoms with Gasteiger partial charge in [-0.1, -0.05) is 0 Å². The van der Waals surface area contributed by atoms with Crippen LogP contribution in [0.25, 0.3) is 0 Å². The molecule has 1 aromatic carbocycles. The number of hydrogen-bond donors (Lipinski definition) is 2. The lowest BCUT2D eigenvalue weighted by Gasteiger charge is -2.20. The summed E-state index contributed by atoms with van der Waals surface area (Å²) in [7, 11) is 0. The third-order valence-electron chi connectivity index (χ3n) is 2.98. The maximum atomic E-state index is 10.2.